The number of ether oxygens (including phenoxy) is 3. The summed E-state index contributed by atoms with van der Waals surface area (Å²) in [6.45, 7) is 0.856. The standard InChI is InChI=1S/C33H52O10/c1-3-4-5-6-7-8-9-10-11-12-13-14-15-16-17-18-19-20-21-22-30(37)42-25-27(34)32(39)33(40)28(35)26-43-31(38)24-23-29(36)41-2/h4-5,7-8,10-11,13-14,23-24,27-28,32-35,39-40H,3,6,9,12,15-22,25-26H2,1-2H3. The summed E-state index contributed by atoms with van der Waals surface area (Å²) in [6.07, 6.45) is 23.1. The first-order valence-corrected chi connectivity index (χ1v) is 15.1. The lowest BCUT2D eigenvalue weighted by atomic mass is 10.0. The van der Waals surface area contributed by atoms with E-state index in [1.807, 2.05) is 0 Å². The molecule has 0 aliphatic rings. The Bertz CT molecular complexity index is 890. The minimum atomic E-state index is -1.88. The number of hydrogen-bond acceptors (Lipinski definition) is 10. The lowest BCUT2D eigenvalue weighted by Gasteiger charge is -2.26. The second kappa shape index (κ2) is 27.8. The molecule has 0 rings (SSSR count). The van der Waals surface area contributed by atoms with Gasteiger partial charge in [0, 0.05) is 18.6 Å². The summed E-state index contributed by atoms with van der Waals surface area (Å²) in [5.41, 5.74) is 0. The minimum absolute atomic E-state index is 0.172. The molecule has 0 aliphatic carbocycles. The van der Waals surface area contributed by atoms with E-state index in [0.717, 1.165) is 83.5 Å². The number of rotatable bonds is 25. The summed E-state index contributed by atoms with van der Waals surface area (Å²) in [7, 11) is 1.12. The number of allylic oxidation sites excluding steroid dienone is 8. The van der Waals surface area contributed by atoms with Gasteiger partial charge < -0.3 is 34.6 Å². The maximum atomic E-state index is 11.9. The molecular weight excluding hydrogens is 556 g/mol. The monoisotopic (exact) mass is 608 g/mol. The van der Waals surface area contributed by atoms with Crippen LogP contribution in [0.5, 0.6) is 0 Å². The van der Waals surface area contributed by atoms with Crippen molar-refractivity contribution in [3.63, 3.8) is 0 Å². The molecular formula is C33H52O10. The van der Waals surface area contributed by atoms with Crippen molar-refractivity contribution in [2.45, 2.75) is 108 Å². The van der Waals surface area contributed by atoms with Crippen LogP contribution in [0.2, 0.25) is 0 Å². The highest BCUT2D eigenvalue weighted by molar-refractivity contribution is 5.91. The van der Waals surface area contributed by atoms with Gasteiger partial charge in [-0.2, -0.15) is 0 Å². The van der Waals surface area contributed by atoms with Gasteiger partial charge in [-0.15, -0.1) is 0 Å². The fourth-order valence-electron chi connectivity index (χ4n) is 3.66. The maximum absolute atomic E-state index is 11.9. The normalized spacial score (nSPS) is 15.0. The Morgan fingerprint density at radius 1 is 0.605 bits per heavy atom. The molecule has 0 aromatic heterocycles. The van der Waals surface area contributed by atoms with Crippen molar-refractivity contribution in [1.29, 1.82) is 0 Å². The number of carbonyl (C=O) groups excluding carboxylic acids is 3. The van der Waals surface area contributed by atoms with Gasteiger partial charge in [-0.1, -0.05) is 81.2 Å². The van der Waals surface area contributed by atoms with Gasteiger partial charge in [0.05, 0.1) is 7.11 Å². The van der Waals surface area contributed by atoms with Crippen LogP contribution in [0.1, 0.15) is 84.0 Å². The highest BCUT2D eigenvalue weighted by atomic mass is 16.6. The van der Waals surface area contributed by atoms with Crippen LogP contribution in [0.15, 0.2) is 60.8 Å². The van der Waals surface area contributed by atoms with Crippen molar-refractivity contribution in [1.82, 2.24) is 0 Å². The lowest BCUT2D eigenvalue weighted by Crippen LogP contribution is -2.48. The van der Waals surface area contributed by atoms with Crippen LogP contribution in [-0.4, -0.2) is 83.1 Å². The zero-order valence-electron chi connectivity index (χ0n) is 25.7. The third-order valence-corrected chi connectivity index (χ3v) is 6.23. The molecule has 0 heterocycles. The molecule has 0 amide bonds. The predicted octanol–water partition coefficient (Wildman–Crippen LogP) is 4.17. The summed E-state index contributed by atoms with van der Waals surface area (Å²) >= 11 is 0. The van der Waals surface area contributed by atoms with Crippen molar-refractivity contribution in [2.75, 3.05) is 20.3 Å². The number of methoxy groups -OCH3 is 1. The molecule has 0 aliphatic heterocycles. The number of aliphatic hydroxyl groups is 4. The summed E-state index contributed by atoms with van der Waals surface area (Å²) in [5, 5.41) is 39.9. The van der Waals surface area contributed by atoms with E-state index in [4.69, 9.17) is 4.74 Å². The molecule has 4 atom stereocenters. The van der Waals surface area contributed by atoms with E-state index < -0.39 is 55.5 Å². The maximum Gasteiger partial charge on any atom is 0.331 e. The number of unbranched alkanes of at least 4 members (excludes halogenated alkanes) is 6. The van der Waals surface area contributed by atoms with Crippen molar-refractivity contribution >= 4 is 17.9 Å². The number of esters is 3. The number of carbonyl (C=O) groups is 3. The topological polar surface area (TPSA) is 160 Å². The molecule has 0 aromatic rings. The van der Waals surface area contributed by atoms with E-state index in [-0.39, 0.29) is 6.42 Å². The molecule has 0 aromatic carbocycles. The van der Waals surface area contributed by atoms with E-state index in [2.05, 4.69) is 65.0 Å². The quantitative estimate of drug-likeness (QED) is 0.0389. The number of hydrogen-bond donors (Lipinski definition) is 4. The first-order chi connectivity index (χ1) is 20.7. The van der Waals surface area contributed by atoms with E-state index in [0.29, 0.717) is 6.42 Å². The minimum Gasteiger partial charge on any atom is -0.466 e. The first kappa shape index (κ1) is 40.0. The fraction of sp³-hybridized carbons (Fsp3) is 0.606. The summed E-state index contributed by atoms with van der Waals surface area (Å²) in [6, 6.07) is 0. The van der Waals surface area contributed by atoms with Crippen molar-refractivity contribution in [2.24, 2.45) is 0 Å². The average molecular weight is 609 g/mol. The Morgan fingerprint density at radius 2 is 1.07 bits per heavy atom. The smallest absolute Gasteiger partial charge is 0.331 e. The lowest BCUT2D eigenvalue weighted by molar-refractivity contribution is -0.160. The van der Waals surface area contributed by atoms with Crippen LogP contribution in [0, 0.1) is 0 Å². The second-order valence-corrected chi connectivity index (χ2v) is 9.95. The summed E-state index contributed by atoms with van der Waals surface area (Å²) in [4.78, 5) is 34.3. The van der Waals surface area contributed by atoms with Gasteiger partial charge in [0.15, 0.2) is 0 Å². The molecule has 10 heteroatoms. The Morgan fingerprint density at radius 3 is 1.63 bits per heavy atom. The van der Waals surface area contributed by atoms with Crippen molar-refractivity contribution in [3.8, 4) is 0 Å². The SMILES string of the molecule is CCC=CCC=CCC=CCC=CCCCCCCCCC(=O)OCC(O)C(O)C(O)C(O)COC(=O)C=CC(=O)OC. The van der Waals surface area contributed by atoms with Gasteiger partial charge in [-0.3, -0.25) is 4.79 Å². The zero-order valence-corrected chi connectivity index (χ0v) is 25.7. The zero-order chi connectivity index (χ0) is 32.1. The summed E-state index contributed by atoms with van der Waals surface area (Å²) < 4.78 is 13.9. The van der Waals surface area contributed by atoms with Crippen LogP contribution >= 0.6 is 0 Å². The molecule has 43 heavy (non-hydrogen) atoms. The second-order valence-electron chi connectivity index (χ2n) is 9.95. The fourth-order valence-corrected chi connectivity index (χ4v) is 3.66. The Hall–Kier alpha value is -3.05. The van der Waals surface area contributed by atoms with Crippen LogP contribution in [0.25, 0.3) is 0 Å². The molecule has 0 saturated heterocycles. The van der Waals surface area contributed by atoms with Gasteiger partial charge in [0.25, 0.3) is 0 Å². The van der Waals surface area contributed by atoms with E-state index in [9.17, 15) is 34.8 Å². The van der Waals surface area contributed by atoms with E-state index in [1.165, 1.54) is 0 Å². The van der Waals surface area contributed by atoms with Crippen molar-refractivity contribution in [3.05, 3.63) is 60.8 Å². The predicted molar refractivity (Wildman–Crippen MR) is 165 cm³/mol. The van der Waals surface area contributed by atoms with Crippen LogP contribution in [0.3, 0.4) is 0 Å². The summed E-state index contributed by atoms with van der Waals surface area (Å²) in [5.74, 6) is -2.30. The Labute approximate surface area is 256 Å². The molecule has 10 nitrogen and oxygen atoms in total. The molecule has 4 unspecified atom stereocenters. The molecule has 0 fully saturated rings. The molecule has 0 radical (unpaired) electrons. The molecule has 0 saturated carbocycles. The van der Waals surface area contributed by atoms with Gasteiger partial charge in [-0.05, 0) is 44.9 Å². The van der Waals surface area contributed by atoms with Gasteiger partial charge in [0.1, 0.15) is 37.6 Å². The van der Waals surface area contributed by atoms with Gasteiger partial charge in [0.2, 0.25) is 0 Å². The average Bonchev–Trinajstić information content (AvgIpc) is 3.01. The van der Waals surface area contributed by atoms with Crippen LogP contribution < -0.4 is 0 Å². The van der Waals surface area contributed by atoms with Crippen LogP contribution in [0.4, 0.5) is 0 Å². The first-order valence-electron chi connectivity index (χ1n) is 15.1. The largest absolute Gasteiger partial charge is 0.466 e. The third-order valence-electron chi connectivity index (χ3n) is 6.23. The number of aliphatic hydroxyl groups excluding tert-OH is 4. The molecule has 4 N–H and O–H groups in total. The van der Waals surface area contributed by atoms with Gasteiger partial charge in [-0.25, -0.2) is 9.59 Å². The van der Waals surface area contributed by atoms with Crippen molar-refractivity contribution < 1.29 is 49.0 Å². The van der Waals surface area contributed by atoms with Gasteiger partial charge >= 0.3 is 17.9 Å². The Balaban J connectivity index is 3.85. The third kappa shape index (κ3) is 24.1. The van der Waals surface area contributed by atoms with Crippen LogP contribution in [-0.2, 0) is 28.6 Å². The molecule has 244 valence electrons. The highest BCUT2D eigenvalue weighted by Gasteiger charge is 2.31. The Kier molecular flexibility index (Phi) is 25.8. The van der Waals surface area contributed by atoms with E-state index in [1.54, 1.807) is 0 Å². The van der Waals surface area contributed by atoms with E-state index >= 15 is 0 Å². The molecule has 0 bridgehead atoms. The molecule has 0 spiro atoms. The highest BCUT2D eigenvalue weighted by Crippen LogP contribution is 2.11.